The molecule has 2 rings (SSSR count). The first-order chi connectivity index (χ1) is 9.29. The summed E-state index contributed by atoms with van der Waals surface area (Å²) in [5, 5.41) is 0. The van der Waals surface area contributed by atoms with Crippen molar-refractivity contribution in [1.82, 2.24) is 0 Å². The van der Waals surface area contributed by atoms with Crippen molar-refractivity contribution in [3.63, 3.8) is 0 Å². The van der Waals surface area contributed by atoms with Crippen molar-refractivity contribution in [2.24, 2.45) is 16.7 Å². The minimum absolute atomic E-state index is 0.275. The van der Waals surface area contributed by atoms with Crippen molar-refractivity contribution in [1.29, 1.82) is 0 Å². The fraction of sp³-hybridized carbons (Fsp3) is 1.00. The van der Waals surface area contributed by atoms with E-state index in [1.54, 1.807) is 0 Å². The summed E-state index contributed by atoms with van der Waals surface area (Å²) in [5.41, 5.74) is 0.613. The maximum atomic E-state index is 6.44. The molecule has 20 heavy (non-hydrogen) atoms. The minimum Gasteiger partial charge on any atom is -0.381 e. The van der Waals surface area contributed by atoms with E-state index in [1.165, 1.54) is 38.5 Å². The molecular weight excluding hydrogens is 248 g/mol. The molecule has 2 heterocycles. The maximum Gasteiger partial charge on any atom is 0.0627 e. The highest BCUT2D eigenvalue weighted by molar-refractivity contribution is 4.86. The summed E-state index contributed by atoms with van der Waals surface area (Å²) in [4.78, 5) is 0. The van der Waals surface area contributed by atoms with Crippen molar-refractivity contribution in [2.75, 3.05) is 13.2 Å². The molecule has 2 saturated heterocycles. The number of hydrogen-bond donors (Lipinski definition) is 0. The van der Waals surface area contributed by atoms with Crippen LogP contribution in [0.15, 0.2) is 0 Å². The van der Waals surface area contributed by atoms with Gasteiger partial charge in [-0.1, -0.05) is 34.6 Å². The van der Waals surface area contributed by atoms with Crippen molar-refractivity contribution in [2.45, 2.75) is 85.4 Å². The third kappa shape index (κ3) is 4.21. The third-order valence-electron chi connectivity index (χ3n) is 5.33. The number of hydrogen-bond acceptors (Lipinski definition) is 2. The van der Waals surface area contributed by atoms with Crippen molar-refractivity contribution >= 4 is 0 Å². The summed E-state index contributed by atoms with van der Waals surface area (Å²) in [6, 6.07) is 0. The van der Waals surface area contributed by atoms with Crippen molar-refractivity contribution < 1.29 is 9.47 Å². The molecule has 0 saturated carbocycles. The molecule has 0 aliphatic carbocycles. The van der Waals surface area contributed by atoms with Crippen LogP contribution in [0.3, 0.4) is 0 Å². The lowest BCUT2D eigenvalue weighted by Gasteiger charge is -2.43. The second-order valence-corrected chi connectivity index (χ2v) is 8.65. The molecule has 2 heteroatoms. The third-order valence-corrected chi connectivity index (χ3v) is 5.33. The Kier molecular flexibility index (Phi) is 5.18. The van der Waals surface area contributed by atoms with Crippen LogP contribution in [0.1, 0.15) is 73.1 Å². The zero-order chi connectivity index (χ0) is 14.8. The van der Waals surface area contributed by atoms with Crippen LogP contribution in [0.25, 0.3) is 0 Å². The second kappa shape index (κ2) is 6.36. The summed E-state index contributed by atoms with van der Waals surface area (Å²) in [7, 11) is 0. The summed E-state index contributed by atoms with van der Waals surface area (Å²) in [6.07, 6.45) is 8.41. The fourth-order valence-electron chi connectivity index (χ4n) is 3.80. The monoisotopic (exact) mass is 282 g/mol. The van der Waals surface area contributed by atoms with E-state index in [4.69, 9.17) is 9.47 Å². The minimum atomic E-state index is 0.275. The van der Waals surface area contributed by atoms with Crippen LogP contribution >= 0.6 is 0 Å². The Bertz CT molecular complexity index is 297. The molecule has 2 fully saturated rings. The van der Waals surface area contributed by atoms with Crippen LogP contribution in [-0.2, 0) is 9.47 Å². The first kappa shape index (κ1) is 16.3. The molecule has 3 atom stereocenters. The van der Waals surface area contributed by atoms with E-state index in [0.29, 0.717) is 23.5 Å². The van der Waals surface area contributed by atoms with Gasteiger partial charge in [-0.3, -0.25) is 0 Å². The lowest BCUT2D eigenvalue weighted by Crippen LogP contribution is -2.41. The van der Waals surface area contributed by atoms with Crippen molar-refractivity contribution in [3.8, 4) is 0 Å². The first-order valence-corrected chi connectivity index (χ1v) is 8.52. The van der Waals surface area contributed by atoms with Crippen LogP contribution in [-0.4, -0.2) is 25.4 Å². The molecule has 3 unspecified atom stereocenters. The normalized spacial score (nSPS) is 33.1. The van der Waals surface area contributed by atoms with E-state index >= 15 is 0 Å². The standard InChI is InChI=1S/C18H34O2/c1-17(2,3)16-10-6-9-15(20-16)12-18(4,5)14-8-7-11-19-13-14/h14-16H,6-13H2,1-5H3. The summed E-state index contributed by atoms with van der Waals surface area (Å²) in [6.45, 7) is 13.6. The predicted octanol–water partition coefficient (Wildman–Crippen LogP) is 4.81. The maximum absolute atomic E-state index is 6.44. The molecular formula is C18H34O2. The highest BCUT2D eigenvalue weighted by Gasteiger charge is 2.37. The zero-order valence-electron chi connectivity index (χ0n) is 14.2. The Labute approximate surface area is 125 Å². The van der Waals surface area contributed by atoms with Crippen LogP contribution in [0.5, 0.6) is 0 Å². The number of rotatable bonds is 3. The average Bonchev–Trinajstić information content (AvgIpc) is 2.38. The van der Waals surface area contributed by atoms with Gasteiger partial charge in [-0.2, -0.15) is 0 Å². The van der Waals surface area contributed by atoms with Gasteiger partial charge in [0.2, 0.25) is 0 Å². The van der Waals surface area contributed by atoms with E-state index in [-0.39, 0.29) is 5.41 Å². The largest absolute Gasteiger partial charge is 0.381 e. The van der Waals surface area contributed by atoms with Crippen LogP contribution in [0, 0.1) is 16.7 Å². The summed E-state index contributed by atoms with van der Waals surface area (Å²) in [5.74, 6) is 0.704. The van der Waals surface area contributed by atoms with E-state index in [1.807, 2.05) is 0 Å². The van der Waals surface area contributed by atoms with Gasteiger partial charge >= 0.3 is 0 Å². The Balaban J connectivity index is 1.91. The molecule has 118 valence electrons. The average molecular weight is 282 g/mol. The molecule has 0 N–H and O–H groups in total. The lowest BCUT2D eigenvalue weighted by atomic mass is 9.71. The highest BCUT2D eigenvalue weighted by atomic mass is 16.5. The van der Waals surface area contributed by atoms with Gasteiger partial charge in [-0.15, -0.1) is 0 Å². The van der Waals surface area contributed by atoms with Gasteiger partial charge in [-0.25, -0.2) is 0 Å². The molecule has 0 radical (unpaired) electrons. The molecule has 0 bridgehead atoms. The lowest BCUT2D eigenvalue weighted by molar-refractivity contribution is -0.119. The number of ether oxygens (including phenoxy) is 2. The van der Waals surface area contributed by atoms with Crippen LogP contribution < -0.4 is 0 Å². The molecule has 2 aliphatic heterocycles. The van der Waals surface area contributed by atoms with Gasteiger partial charge < -0.3 is 9.47 Å². The quantitative estimate of drug-likeness (QED) is 0.739. The Morgan fingerprint density at radius 1 is 0.950 bits per heavy atom. The summed E-state index contributed by atoms with van der Waals surface area (Å²) >= 11 is 0. The molecule has 0 aromatic carbocycles. The predicted molar refractivity (Wildman–Crippen MR) is 83.9 cm³/mol. The molecule has 0 aromatic rings. The summed E-state index contributed by atoms with van der Waals surface area (Å²) < 4.78 is 12.1. The molecule has 0 spiro atoms. The van der Waals surface area contributed by atoms with E-state index < -0.39 is 0 Å². The van der Waals surface area contributed by atoms with E-state index in [2.05, 4.69) is 34.6 Å². The van der Waals surface area contributed by atoms with Gasteiger partial charge in [0, 0.05) is 13.2 Å². The van der Waals surface area contributed by atoms with Crippen LogP contribution in [0.2, 0.25) is 0 Å². The van der Waals surface area contributed by atoms with Gasteiger partial charge in [0.15, 0.2) is 0 Å². The molecule has 2 aliphatic rings. The Hall–Kier alpha value is -0.0800. The fourth-order valence-corrected chi connectivity index (χ4v) is 3.80. The van der Waals surface area contributed by atoms with E-state index in [0.717, 1.165) is 13.2 Å². The first-order valence-electron chi connectivity index (χ1n) is 8.52. The van der Waals surface area contributed by atoms with Crippen LogP contribution in [0.4, 0.5) is 0 Å². The van der Waals surface area contributed by atoms with E-state index in [9.17, 15) is 0 Å². The van der Waals surface area contributed by atoms with Gasteiger partial charge in [-0.05, 0) is 55.3 Å². The molecule has 0 amide bonds. The highest BCUT2D eigenvalue weighted by Crippen LogP contribution is 2.41. The Morgan fingerprint density at radius 2 is 1.70 bits per heavy atom. The van der Waals surface area contributed by atoms with Gasteiger partial charge in [0.25, 0.3) is 0 Å². The topological polar surface area (TPSA) is 18.5 Å². The van der Waals surface area contributed by atoms with Crippen molar-refractivity contribution in [3.05, 3.63) is 0 Å². The van der Waals surface area contributed by atoms with Gasteiger partial charge in [0.1, 0.15) is 0 Å². The smallest absolute Gasteiger partial charge is 0.0627 e. The Morgan fingerprint density at radius 3 is 2.30 bits per heavy atom. The molecule has 0 aromatic heterocycles. The SMILES string of the molecule is CC(C)(C)C1CCCC(CC(C)(C)C2CCCOC2)O1. The molecule has 2 nitrogen and oxygen atoms in total. The second-order valence-electron chi connectivity index (χ2n) is 8.65. The van der Waals surface area contributed by atoms with Gasteiger partial charge in [0.05, 0.1) is 12.2 Å². The zero-order valence-corrected chi connectivity index (χ0v) is 14.2.